The van der Waals surface area contributed by atoms with Crippen LogP contribution in [0.5, 0.6) is 0 Å². The first-order chi connectivity index (χ1) is 6.13. The van der Waals surface area contributed by atoms with Gasteiger partial charge in [0.1, 0.15) is 6.17 Å². The molecule has 0 aliphatic carbocycles. The number of halogens is 2. The second-order valence-electron chi connectivity index (χ2n) is 3.11. The predicted octanol–water partition coefficient (Wildman–Crippen LogP) is 3.12. The molecule has 1 aromatic rings. The molecule has 1 nitrogen and oxygen atoms in total. The fourth-order valence-corrected chi connectivity index (χ4v) is 1.88. The van der Waals surface area contributed by atoms with Crippen LogP contribution in [0.25, 0.3) is 0 Å². The predicted molar refractivity (Wildman–Crippen MR) is 56.4 cm³/mol. The smallest absolute Gasteiger partial charge is 0.126 e. The Labute approximate surface area is 86.3 Å². The molecular weight excluding hydrogens is 233 g/mol. The molecule has 13 heavy (non-hydrogen) atoms. The Bertz CT molecular complexity index is 268. The largest absolute Gasteiger partial charge is 0.330 e. The molecule has 0 aliphatic rings. The molecule has 1 atom stereocenters. The van der Waals surface area contributed by atoms with Gasteiger partial charge in [0.2, 0.25) is 0 Å². The summed E-state index contributed by atoms with van der Waals surface area (Å²) in [7, 11) is 0. The second kappa shape index (κ2) is 4.72. The fourth-order valence-electron chi connectivity index (χ4n) is 1.26. The van der Waals surface area contributed by atoms with Crippen LogP contribution >= 0.6 is 15.9 Å². The van der Waals surface area contributed by atoms with E-state index in [4.69, 9.17) is 5.73 Å². The average Bonchev–Trinajstić information content (AvgIpc) is 2.03. The summed E-state index contributed by atoms with van der Waals surface area (Å²) < 4.78 is 14.3. The first-order valence-electron chi connectivity index (χ1n) is 4.24. The maximum absolute atomic E-state index is 13.4. The SMILES string of the molecule is Cc1cc(Br)cc(C(F)CCN)c1. The molecule has 0 bridgehead atoms. The Hall–Kier alpha value is -0.410. The highest BCUT2D eigenvalue weighted by molar-refractivity contribution is 9.10. The van der Waals surface area contributed by atoms with Gasteiger partial charge in [-0.15, -0.1) is 0 Å². The van der Waals surface area contributed by atoms with Gasteiger partial charge in [0.25, 0.3) is 0 Å². The molecule has 1 aromatic carbocycles. The molecule has 0 aliphatic heterocycles. The number of hydrogen-bond acceptors (Lipinski definition) is 1. The van der Waals surface area contributed by atoms with Gasteiger partial charge in [-0.25, -0.2) is 4.39 Å². The van der Waals surface area contributed by atoms with Crippen LogP contribution in [-0.2, 0) is 0 Å². The van der Waals surface area contributed by atoms with Crippen molar-refractivity contribution in [2.75, 3.05) is 6.54 Å². The minimum absolute atomic E-state index is 0.382. The van der Waals surface area contributed by atoms with Gasteiger partial charge < -0.3 is 5.73 Å². The maximum Gasteiger partial charge on any atom is 0.126 e. The Kier molecular flexibility index (Phi) is 3.88. The molecule has 3 heteroatoms. The average molecular weight is 246 g/mol. The Morgan fingerprint density at radius 3 is 2.69 bits per heavy atom. The van der Waals surface area contributed by atoms with Crippen LogP contribution in [0, 0.1) is 6.92 Å². The molecule has 0 radical (unpaired) electrons. The lowest BCUT2D eigenvalue weighted by Gasteiger charge is -2.08. The molecule has 0 heterocycles. The first-order valence-corrected chi connectivity index (χ1v) is 5.04. The van der Waals surface area contributed by atoms with Crippen LogP contribution in [0.4, 0.5) is 4.39 Å². The number of alkyl halides is 1. The zero-order chi connectivity index (χ0) is 9.84. The molecule has 0 amide bonds. The highest BCUT2D eigenvalue weighted by Crippen LogP contribution is 2.25. The van der Waals surface area contributed by atoms with E-state index in [-0.39, 0.29) is 0 Å². The van der Waals surface area contributed by atoms with E-state index < -0.39 is 6.17 Å². The van der Waals surface area contributed by atoms with E-state index in [1.165, 1.54) is 0 Å². The van der Waals surface area contributed by atoms with Crippen molar-refractivity contribution < 1.29 is 4.39 Å². The molecule has 0 fully saturated rings. The van der Waals surface area contributed by atoms with E-state index in [0.29, 0.717) is 18.5 Å². The van der Waals surface area contributed by atoms with Gasteiger partial charge in [-0.1, -0.05) is 22.0 Å². The zero-order valence-electron chi connectivity index (χ0n) is 7.56. The summed E-state index contributed by atoms with van der Waals surface area (Å²) in [5, 5.41) is 0. The van der Waals surface area contributed by atoms with Gasteiger partial charge in [-0.3, -0.25) is 0 Å². The van der Waals surface area contributed by atoms with E-state index in [0.717, 1.165) is 10.0 Å². The Morgan fingerprint density at radius 2 is 2.15 bits per heavy atom. The quantitative estimate of drug-likeness (QED) is 0.871. The highest BCUT2D eigenvalue weighted by atomic mass is 79.9. The summed E-state index contributed by atoms with van der Waals surface area (Å²) in [6.45, 7) is 2.33. The van der Waals surface area contributed by atoms with Gasteiger partial charge in [-0.2, -0.15) is 0 Å². The summed E-state index contributed by atoms with van der Waals surface area (Å²) >= 11 is 3.33. The molecule has 0 saturated heterocycles. The molecule has 1 unspecified atom stereocenters. The number of aryl methyl sites for hydroxylation is 1. The number of hydrogen-bond donors (Lipinski definition) is 1. The van der Waals surface area contributed by atoms with Gasteiger partial charge in [-0.05, 0) is 43.1 Å². The van der Waals surface area contributed by atoms with E-state index in [2.05, 4.69) is 15.9 Å². The molecule has 0 saturated carbocycles. The number of benzene rings is 1. The minimum Gasteiger partial charge on any atom is -0.330 e. The minimum atomic E-state index is -0.943. The summed E-state index contributed by atoms with van der Waals surface area (Å²) in [5.41, 5.74) is 7.06. The van der Waals surface area contributed by atoms with Gasteiger partial charge in [0, 0.05) is 4.47 Å². The lowest BCUT2D eigenvalue weighted by molar-refractivity contribution is 0.327. The fraction of sp³-hybridized carbons (Fsp3) is 0.400. The third-order valence-corrected chi connectivity index (χ3v) is 2.30. The highest BCUT2D eigenvalue weighted by Gasteiger charge is 2.09. The lowest BCUT2D eigenvalue weighted by Crippen LogP contribution is -2.03. The maximum atomic E-state index is 13.4. The van der Waals surface area contributed by atoms with Crippen molar-refractivity contribution >= 4 is 15.9 Å². The van der Waals surface area contributed by atoms with E-state index in [1.54, 1.807) is 6.07 Å². The van der Waals surface area contributed by atoms with Crippen molar-refractivity contribution in [2.45, 2.75) is 19.5 Å². The van der Waals surface area contributed by atoms with Gasteiger partial charge in [0.15, 0.2) is 0 Å². The van der Waals surface area contributed by atoms with Crippen LogP contribution in [-0.4, -0.2) is 6.54 Å². The van der Waals surface area contributed by atoms with Crippen LogP contribution < -0.4 is 5.73 Å². The normalized spacial score (nSPS) is 12.9. The van der Waals surface area contributed by atoms with Crippen LogP contribution in [0.15, 0.2) is 22.7 Å². The summed E-state index contributed by atoms with van der Waals surface area (Å²) in [6.07, 6.45) is -0.559. The van der Waals surface area contributed by atoms with Crippen molar-refractivity contribution in [3.8, 4) is 0 Å². The molecule has 0 spiro atoms. The Morgan fingerprint density at radius 1 is 1.46 bits per heavy atom. The van der Waals surface area contributed by atoms with Crippen molar-refractivity contribution in [2.24, 2.45) is 5.73 Å². The number of nitrogens with two attached hydrogens (primary N) is 1. The van der Waals surface area contributed by atoms with E-state index in [9.17, 15) is 4.39 Å². The summed E-state index contributed by atoms with van der Waals surface area (Å²) in [6, 6.07) is 5.61. The second-order valence-corrected chi connectivity index (χ2v) is 4.02. The third-order valence-electron chi connectivity index (χ3n) is 1.85. The lowest BCUT2D eigenvalue weighted by atomic mass is 10.1. The molecule has 2 N–H and O–H groups in total. The van der Waals surface area contributed by atoms with Crippen LogP contribution in [0.2, 0.25) is 0 Å². The van der Waals surface area contributed by atoms with E-state index in [1.807, 2.05) is 19.1 Å². The van der Waals surface area contributed by atoms with Gasteiger partial charge in [0.05, 0.1) is 0 Å². The Balaban J connectivity index is 2.87. The van der Waals surface area contributed by atoms with Crippen LogP contribution in [0.3, 0.4) is 0 Å². The van der Waals surface area contributed by atoms with Crippen molar-refractivity contribution in [3.05, 3.63) is 33.8 Å². The molecule has 0 aromatic heterocycles. The molecular formula is C10H13BrFN. The topological polar surface area (TPSA) is 26.0 Å². The van der Waals surface area contributed by atoms with Gasteiger partial charge >= 0.3 is 0 Å². The van der Waals surface area contributed by atoms with Crippen LogP contribution in [0.1, 0.15) is 23.7 Å². The first kappa shape index (κ1) is 10.7. The number of rotatable bonds is 3. The van der Waals surface area contributed by atoms with Crippen molar-refractivity contribution in [1.82, 2.24) is 0 Å². The molecule has 72 valence electrons. The monoisotopic (exact) mass is 245 g/mol. The third kappa shape index (κ3) is 3.08. The zero-order valence-corrected chi connectivity index (χ0v) is 9.14. The van der Waals surface area contributed by atoms with Crippen molar-refractivity contribution in [1.29, 1.82) is 0 Å². The standard InChI is InChI=1S/C10H13BrFN/c1-7-4-8(6-9(11)5-7)10(12)2-3-13/h4-6,10H,2-3,13H2,1H3. The van der Waals surface area contributed by atoms with Crippen molar-refractivity contribution in [3.63, 3.8) is 0 Å². The molecule has 1 rings (SSSR count). The van der Waals surface area contributed by atoms with E-state index >= 15 is 0 Å². The summed E-state index contributed by atoms with van der Waals surface area (Å²) in [5.74, 6) is 0. The summed E-state index contributed by atoms with van der Waals surface area (Å²) in [4.78, 5) is 0.